The van der Waals surface area contributed by atoms with Crippen molar-refractivity contribution in [1.82, 2.24) is 4.98 Å². The summed E-state index contributed by atoms with van der Waals surface area (Å²) in [7, 11) is 0. The number of rotatable bonds is 0. The van der Waals surface area contributed by atoms with Crippen molar-refractivity contribution in [3.63, 3.8) is 0 Å². The lowest BCUT2D eigenvalue weighted by Crippen LogP contribution is -1.90. The zero-order chi connectivity index (χ0) is 7.72. The molecule has 3 heteroatoms. The molecule has 10 heavy (non-hydrogen) atoms. The van der Waals surface area contributed by atoms with Gasteiger partial charge in [-0.15, -0.1) is 0 Å². The number of hydrogen-bond donors (Lipinski definition) is 0. The van der Waals surface area contributed by atoms with E-state index in [4.69, 9.17) is 11.6 Å². The monoisotopic (exact) mass is 159 g/mol. The van der Waals surface area contributed by atoms with Gasteiger partial charge in [0.05, 0.1) is 5.69 Å². The van der Waals surface area contributed by atoms with E-state index in [1.807, 2.05) is 0 Å². The summed E-state index contributed by atoms with van der Waals surface area (Å²) in [5.41, 5.74) is 1.01. The maximum absolute atomic E-state index is 12.6. The Bertz CT molecular complexity index is 210. The zero-order valence-corrected chi connectivity index (χ0v) is 6.54. The Labute approximate surface area is 63.8 Å². The standard InChI is InChI=1S/C7H7ClFN/c1-4-3-6(9)5(2)10-7(4)8/h3H,1-2H3. The molecule has 0 aliphatic rings. The van der Waals surface area contributed by atoms with Gasteiger partial charge >= 0.3 is 0 Å². The van der Waals surface area contributed by atoms with Crippen LogP contribution in [-0.2, 0) is 0 Å². The van der Waals surface area contributed by atoms with Crippen LogP contribution >= 0.6 is 11.6 Å². The molecule has 0 spiro atoms. The van der Waals surface area contributed by atoms with E-state index in [1.54, 1.807) is 13.8 Å². The number of nitrogens with zero attached hydrogens (tertiary/aromatic N) is 1. The minimum absolute atomic E-state index is 0.304. The molecular weight excluding hydrogens is 153 g/mol. The van der Waals surface area contributed by atoms with Crippen LogP contribution in [0.2, 0.25) is 5.15 Å². The molecule has 0 saturated carbocycles. The van der Waals surface area contributed by atoms with Crippen molar-refractivity contribution in [3.8, 4) is 0 Å². The predicted molar refractivity (Wildman–Crippen MR) is 38.7 cm³/mol. The third-order valence-electron chi connectivity index (χ3n) is 1.28. The quantitative estimate of drug-likeness (QED) is 0.530. The molecule has 1 heterocycles. The van der Waals surface area contributed by atoms with Gasteiger partial charge in [-0.25, -0.2) is 9.37 Å². The minimum atomic E-state index is -0.304. The van der Waals surface area contributed by atoms with Crippen molar-refractivity contribution in [2.24, 2.45) is 0 Å². The second-order valence-electron chi connectivity index (χ2n) is 2.16. The topological polar surface area (TPSA) is 12.9 Å². The Morgan fingerprint density at radius 3 is 2.60 bits per heavy atom. The van der Waals surface area contributed by atoms with Crippen LogP contribution in [0.5, 0.6) is 0 Å². The van der Waals surface area contributed by atoms with E-state index < -0.39 is 0 Å². The minimum Gasteiger partial charge on any atom is -0.238 e. The van der Waals surface area contributed by atoms with Gasteiger partial charge in [0.1, 0.15) is 11.0 Å². The highest BCUT2D eigenvalue weighted by Crippen LogP contribution is 2.14. The molecule has 0 amide bonds. The first-order valence-electron chi connectivity index (χ1n) is 2.90. The summed E-state index contributed by atoms with van der Waals surface area (Å²) in [4.78, 5) is 3.76. The van der Waals surface area contributed by atoms with Crippen LogP contribution in [0.1, 0.15) is 11.3 Å². The molecule has 1 aromatic heterocycles. The van der Waals surface area contributed by atoms with E-state index >= 15 is 0 Å². The fourth-order valence-corrected chi connectivity index (χ4v) is 0.824. The molecule has 1 aromatic rings. The van der Waals surface area contributed by atoms with Crippen molar-refractivity contribution in [2.75, 3.05) is 0 Å². The number of aryl methyl sites for hydroxylation is 2. The van der Waals surface area contributed by atoms with Gasteiger partial charge < -0.3 is 0 Å². The van der Waals surface area contributed by atoms with Gasteiger partial charge in [-0.1, -0.05) is 11.6 Å². The van der Waals surface area contributed by atoms with E-state index in [1.165, 1.54) is 6.07 Å². The Balaban J connectivity index is 3.28. The normalized spacial score (nSPS) is 10.0. The molecule has 0 unspecified atom stereocenters. The molecular formula is C7H7ClFN. The maximum Gasteiger partial charge on any atom is 0.144 e. The molecule has 0 atom stereocenters. The fourth-order valence-electron chi connectivity index (χ4n) is 0.643. The predicted octanol–water partition coefficient (Wildman–Crippen LogP) is 2.49. The average Bonchev–Trinajstić information content (AvgIpc) is 1.84. The number of pyridine rings is 1. The van der Waals surface area contributed by atoms with Crippen molar-refractivity contribution in [3.05, 3.63) is 28.3 Å². The highest BCUT2D eigenvalue weighted by Gasteiger charge is 2.01. The van der Waals surface area contributed by atoms with E-state index in [9.17, 15) is 4.39 Å². The molecule has 0 bridgehead atoms. The van der Waals surface area contributed by atoms with Gasteiger partial charge in [0, 0.05) is 0 Å². The highest BCUT2D eigenvalue weighted by atomic mass is 35.5. The molecule has 0 aromatic carbocycles. The second kappa shape index (κ2) is 2.54. The number of halogens is 2. The van der Waals surface area contributed by atoms with Crippen LogP contribution in [0, 0.1) is 19.7 Å². The number of aromatic nitrogens is 1. The van der Waals surface area contributed by atoms with E-state index in [0.717, 1.165) is 0 Å². The molecule has 0 radical (unpaired) electrons. The first-order valence-corrected chi connectivity index (χ1v) is 3.28. The zero-order valence-electron chi connectivity index (χ0n) is 5.78. The van der Waals surface area contributed by atoms with Gasteiger partial charge in [-0.2, -0.15) is 0 Å². The molecule has 0 fully saturated rings. The van der Waals surface area contributed by atoms with Crippen molar-refractivity contribution >= 4 is 11.6 Å². The second-order valence-corrected chi connectivity index (χ2v) is 2.52. The Morgan fingerprint density at radius 1 is 1.50 bits per heavy atom. The third-order valence-corrected chi connectivity index (χ3v) is 1.66. The lowest BCUT2D eigenvalue weighted by atomic mass is 10.3. The molecule has 0 aliphatic carbocycles. The van der Waals surface area contributed by atoms with Gasteiger partial charge in [0.15, 0.2) is 0 Å². The smallest absolute Gasteiger partial charge is 0.144 e. The summed E-state index contributed by atoms with van der Waals surface area (Å²) < 4.78 is 12.6. The summed E-state index contributed by atoms with van der Waals surface area (Å²) in [5, 5.41) is 0.374. The summed E-state index contributed by atoms with van der Waals surface area (Å²) in [6.45, 7) is 3.30. The van der Waals surface area contributed by atoms with Gasteiger partial charge in [0.25, 0.3) is 0 Å². The summed E-state index contributed by atoms with van der Waals surface area (Å²) in [5.74, 6) is -0.304. The molecule has 54 valence electrons. The van der Waals surface area contributed by atoms with E-state index in [0.29, 0.717) is 16.4 Å². The molecule has 0 N–H and O–H groups in total. The van der Waals surface area contributed by atoms with Crippen LogP contribution < -0.4 is 0 Å². The van der Waals surface area contributed by atoms with Crippen LogP contribution in [-0.4, -0.2) is 4.98 Å². The van der Waals surface area contributed by atoms with Crippen LogP contribution in [0.4, 0.5) is 4.39 Å². The van der Waals surface area contributed by atoms with E-state index in [2.05, 4.69) is 4.98 Å². The van der Waals surface area contributed by atoms with Crippen LogP contribution in [0.25, 0.3) is 0 Å². The fraction of sp³-hybridized carbons (Fsp3) is 0.286. The molecule has 0 aliphatic heterocycles. The van der Waals surface area contributed by atoms with Gasteiger partial charge in [-0.3, -0.25) is 0 Å². The summed E-state index contributed by atoms with van der Waals surface area (Å²) >= 11 is 5.61. The highest BCUT2D eigenvalue weighted by molar-refractivity contribution is 6.30. The third kappa shape index (κ3) is 1.27. The Kier molecular flexibility index (Phi) is 1.90. The van der Waals surface area contributed by atoms with E-state index in [-0.39, 0.29) is 5.82 Å². The van der Waals surface area contributed by atoms with Gasteiger partial charge in [0.2, 0.25) is 0 Å². The van der Waals surface area contributed by atoms with Crippen LogP contribution in [0.15, 0.2) is 6.07 Å². The Hall–Kier alpha value is -0.630. The van der Waals surface area contributed by atoms with Crippen LogP contribution in [0.3, 0.4) is 0 Å². The van der Waals surface area contributed by atoms with Crippen molar-refractivity contribution < 1.29 is 4.39 Å². The molecule has 1 nitrogen and oxygen atoms in total. The average molecular weight is 160 g/mol. The maximum atomic E-state index is 12.6. The molecule has 1 rings (SSSR count). The summed E-state index contributed by atoms with van der Waals surface area (Å²) in [6.07, 6.45) is 0. The first-order chi connectivity index (χ1) is 4.61. The van der Waals surface area contributed by atoms with Crippen molar-refractivity contribution in [1.29, 1.82) is 0 Å². The lowest BCUT2D eigenvalue weighted by Gasteiger charge is -1.98. The lowest BCUT2D eigenvalue weighted by molar-refractivity contribution is 0.608. The van der Waals surface area contributed by atoms with Gasteiger partial charge in [-0.05, 0) is 25.5 Å². The van der Waals surface area contributed by atoms with Crippen molar-refractivity contribution in [2.45, 2.75) is 13.8 Å². The molecule has 0 saturated heterocycles. The first kappa shape index (κ1) is 7.48. The summed E-state index contributed by atoms with van der Waals surface area (Å²) in [6, 6.07) is 1.38. The largest absolute Gasteiger partial charge is 0.238 e. The SMILES string of the molecule is Cc1cc(F)c(C)nc1Cl. The number of hydrogen-bond acceptors (Lipinski definition) is 1. The Morgan fingerprint density at radius 2 is 2.10 bits per heavy atom.